The highest BCUT2D eigenvalue weighted by Crippen LogP contribution is 2.30. The number of aromatic amines is 2. The van der Waals surface area contributed by atoms with Gasteiger partial charge in [0, 0.05) is 34.3 Å². The van der Waals surface area contributed by atoms with Crippen molar-refractivity contribution in [1.82, 2.24) is 20.5 Å². The van der Waals surface area contributed by atoms with Gasteiger partial charge in [-0.15, -0.1) is 0 Å². The third-order valence-electron chi connectivity index (χ3n) is 4.24. The molecule has 0 bridgehead atoms. The summed E-state index contributed by atoms with van der Waals surface area (Å²) in [6, 6.07) is 10.6. The van der Waals surface area contributed by atoms with Crippen LogP contribution in [0.25, 0.3) is 22.2 Å². The molecule has 3 aromatic rings. The van der Waals surface area contributed by atoms with Crippen molar-refractivity contribution in [3.8, 4) is 11.3 Å². The lowest BCUT2D eigenvalue weighted by Crippen LogP contribution is -2.26. The Labute approximate surface area is 117 Å². The molecule has 4 nitrogen and oxygen atoms in total. The lowest BCUT2D eigenvalue weighted by Gasteiger charge is -2.20. The number of H-pyrrole nitrogens is 2. The van der Waals surface area contributed by atoms with E-state index in [2.05, 4.69) is 44.8 Å². The first-order valence-electron chi connectivity index (χ1n) is 7.24. The normalized spacial score (nSPS) is 16.8. The molecule has 1 aliphatic heterocycles. The zero-order valence-electron chi connectivity index (χ0n) is 11.3. The number of nitrogens with zero attached hydrogens (tertiary/aromatic N) is 1. The number of hydrogen-bond donors (Lipinski definition) is 3. The lowest BCUT2D eigenvalue weighted by atomic mass is 9.94. The summed E-state index contributed by atoms with van der Waals surface area (Å²) in [7, 11) is 0. The fraction of sp³-hybridized carbons (Fsp3) is 0.312. The summed E-state index contributed by atoms with van der Waals surface area (Å²) in [4.78, 5) is 3.31. The molecule has 0 unspecified atom stereocenters. The van der Waals surface area contributed by atoms with E-state index in [0.29, 0.717) is 5.92 Å². The van der Waals surface area contributed by atoms with Crippen LogP contribution >= 0.6 is 0 Å². The van der Waals surface area contributed by atoms with Crippen LogP contribution in [0.15, 0.2) is 36.5 Å². The maximum Gasteiger partial charge on any atom is 0.0945 e. The fourth-order valence-electron chi connectivity index (χ4n) is 3.10. The van der Waals surface area contributed by atoms with Gasteiger partial charge in [0.15, 0.2) is 0 Å². The van der Waals surface area contributed by atoms with Crippen molar-refractivity contribution in [3.63, 3.8) is 0 Å². The molecule has 0 aliphatic carbocycles. The Morgan fingerprint density at radius 3 is 2.85 bits per heavy atom. The van der Waals surface area contributed by atoms with E-state index < -0.39 is 0 Å². The molecule has 4 rings (SSSR count). The molecule has 1 aromatic carbocycles. The Morgan fingerprint density at radius 2 is 1.95 bits per heavy atom. The Morgan fingerprint density at radius 1 is 1.10 bits per heavy atom. The molecule has 0 amide bonds. The quantitative estimate of drug-likeness (QED) is 0.668. The van der Waals surface area contributed by atoms with Crippen molar-refractivity contribution in [2.45, 2.75) is 18.8 Å². The second-order valence-electron chi connectivity index (χ2n) is 5.48. The van der Waals surface area contributed by atoms with Gasteiger partial charge < -0.3 is 10.3 Å². The maximum absolute atomic E-state index is 4.52. The van der Waals surface area contributed by atoms with E-state index in [1.807, 2.05) is 12.3 Å². The van der Waals surface area contributed by atoms with Crippen molar-refractivity contribution in [2.75, 3.05) is 13.1 Å². The third-order valence-corrected chi connectivity index (χ3v) is 4.24. The molecule has 3 N–H and O–H groups in total. The number of hydrogen-bond acceptors (Lipinski definition) is 2. The van der Waals surface area contributed by atoms with Crippen LogP contribution in [0.4, 0.5) is 0 Å². The number of para-hydroxylation sites is 1. The minimum Gasteiger partial charge on any atom is -0.360 e. The highest BCUT2D eigenvalue weighted by atomic mass is 15.1. The van der Waals surface area contributed by atoms with Crippen molar-refractivity contribution < 1.29 is 0 Å². The molecule has 0 radical (unpaired) electrons. The van der Waals surface area contributed by atoms with Crippen molar-refractivity contribution >= 4 is 10.9 Å². The van der Waals surface area contributed by atoms with E-state index in [-0.39, 0.29) is 0 Å². The number of aromatic nitrogens is 3. The van der Waals surface area contributed by atoms with Gasteiger partial charge in [-0.05, 0) is 38.1 Å². The molecular formula is C16H18N4. The van der Waals surface area contributed by atoms with Gasteiger partial charge in [0.05, 0.1) is 5.69 Å². The second-order valence-corrected chi connectivity index (χ2v) is 5.48. The van der Waals surface area contributed by atoms with Crippen LogP contribution in [0, 0.1) is 0 Å². The van der Waals surface area contributed by atoms with Crippen molar-refractivity contribution in [1.29, 1.82) is 0 Å². The number of rotatable bonds is 2. The molecule has 0 atom stereocenters. The molecule has 0 saturated carbocycles. The smallest absolute Gasteiger partial charge is 0.0945 e. The maximum atomic E-state index is 4.52. The van der Waals surface area contributed by atoms with Crippen LogP contribution < -0.4 is 5.32 Å². The van der Waals surface area contributed by atoms with Gasteiger partial charge in [-0.2, -0.15) is 5.10 Å². The molecule has 4 heteroatoms. The number of nitrogens with one attached hydrogen (secondary N) is 3. The highest BCUT2D eigenvalue weighted by Gasteiger charge is 2.18. The summed E-state index contributed by atoms with van der Waals surface area (Å²) in [5.74, 6) is 0.614. The SMILES string of the molecule is c1ccc2c(-c3cc(C4CCNCC4)[nH]n3)c[nH]c2c1. The zero-order chi connectivity index (χ0) is 13.4. The first-order valence-corrected chi connectivity index (χ1v) is 7.24. The molecule has 0 spiro atoms. The van der Waals surface area contributed by atoms with Crippen LogP contribution in [0.5, 0.6) is 0 Å². The van der Waals surface area contributed by atoms with Gasteiger partial charge in [-0.25, -0.2) is 0 Å². The number of fused-ring (bicyclic) bond motifs is 1. The summed E-state index contributed by atoms with van der Waals surface area (Å²) in [6.07, 6.45) is 4.43. The van der Waals surface area contributed by atoms with E-state index in [1.54, 1.807) is 0 Å². The first kappa shape index (κ1) is 11.7. The van der Waals surface area contributed by atoms with Crippen LogP contribution in [0.1, 0.15) is 24.5 Å². The minimum atomic E-state index is 0.614. The lowest BCUT2D eigenvalue weighted by molar-refractivity contribution is 0.453. The average molecular weight is 266 g/mol. The van der Waals surface area contributed by atoms with Crippen molar-refractivity contribution in [2.24, 2.45) is 0 Å². The van der Waals surface area contributed by atoms with Gasteiger partial charge in [-0.1, -0.05) is 18.2 Å². The van der Waals surface area contributed by atoms with Gasteiger partial charge >= 0.3 is 0 Å². The predicted molar refractivity (Wildman–Crippen MR) is 80.7 cm³/mol. The number of benzene rings is 1. The van der Waals surface area contributed by atoms with Gasteiger partial charge in [0.25, 0.3) is 0 Å². The van der Waals surface area contributed by atoms with E-state index in [9.17, 15) is 0 Å². The van der Waals surface area contributed by atoms with E-state index in [4.69, 9.17) is 0 Å². The topological polar surface area (TPSA) is 56.5 Å². The predicted octanol–water partition coefficient (Wildman–Crippen LogP) is 3.03. The second kappa shape index (κ2) is 4.80. The Hall–Kier alpha value is -2.07. The minimum absolute atomic E-state index is 0.614. The average Bonchev–Trinajstić information content (AvgIpc) is 3.14. The molecular weight excluding hydrogens is 248 g/mol. The standard InChI is InChI=1S/C16H18N4/c1-2-4-14-12(3-1)13(10-18-14)16-9-15(19-20-16)11-5-7-17-8-6-11/h1-4,9-11,17-18H,5-8H2,(H,19,20). The summed E-state index contributed by atoms with van der Waals surface area (Å²) >= 11 is 0. The summed E-state index contributed by atoms with van der Waals surface area (Å²) in [5.41, 5.74) is 4.65. The molecule has 2 aromatic heterocycles. The largest absolute Gasteiger partial charge is 0.360 e. The third kappa shape index (κ3) is 1.93. The van der Waals surface area contributed by atoms with Gasteiger partial charge in [-0.3, -0.25) is 5.10 Å². The molecule has 20 heavy (non-hydrogen) atoms. The van der Waals surface area contributed by atoms with Crippen LogP contribution in [-0.4, -0.2) is 28.3 Å². The molecule has 1 fully saturated rings. The first-order chi connectivity index (χ1) is 9.92. The van der Waals surface area contributed by atoms with Crippen LogP contribution in [-0.2, 0) is 0 Å². The molecule has 102 valence electrons. The Kier molecular flexibility index (Phi) is 2.81. The van der Waals surface area contributed by atoms with Gasteiger partial charge in [0.1, 0.15) is 0 Å². The Bertz CT molecular complexity index is 719. The molecule has 3 heterocycles. The van der Waals surface area contributed by atoms with E-state index >= 15 is 0 Å². The Balaban J connectivity index is 1.70. The van der Waals surface area contributed by atoms with E-state index in [1.165, 1.54) is 29.5 Å². The molecule has 1 saturated heterocycles. The van der Waals surface area contributed by atoms with Crippen LogP contribution in [0.3, 0.4) is 0 Å². The fourth-order valence-corrected chi connectivity index (χ4v) is 3.10. The monoisotopic (exact) mass is 266 g/mol. The van der Waals surface area contributed by atoms with E-state index in [0.717, 1.165) is 24.3 Å². The molecule has 1 aliphatic rings. The zero-order valence-corrected chi connectivity index (χ0v) is 11.3. The van der Waals surface area contributed by atoms with Crippen molar-refractivity contribution in [3.05, 3.63) is 42.2 Å². The summed E-state index contributed by atoms with van der Waals surface area (Å²) in [5, 5.41) is 12.4. The van der Waals surface area contributed by atoms with Gasteiger partial charge in [0.2, 0.25) is 0 Å². The van der Waals surface area contributed by atoms with Crippen LogP contribution in [0.2, 0.25) is 0 Å². The summed E-state index contributed by atoms with van der Waals surface area (Å²) < 4.78 is 0. The highest BCUT2D eigenvalue weighted by molar-refractivity contribution is 5.94. The number of piperidine rings is 1. The summed E-state index contributed by atoms with van der Waals surface area (Å²) in [6.45, 7) is 2.21.